The molecule has 2 aromatic carbocycles. The average Bonchev–Trinajstić information content (AvgIpc) is 3.21. The molecule has 198 valence electrons. The number of amides is 3. The van der Waals surface area contributed by atoms with Crippen LogP contribution in [0.2, 0.25) is 0 Å². The van der Waals surface area contributed by atoms with Gasteiger partial charge in [-0.2, -0.15) is 0 Å². The van der Waals surface area contributed by atoms with E-state index < -0.39 is 0 Å². The molecule has 1 heterocycles. The molecule has 3 amide bonds. The summed E-state index contributed by atoms with van der Waals surface area (Å²) in [6, 6.07) is 9.38. The number of likely N-dealkylation sites (N-methyl/N-ethyl adjacent to an activating group) is 1. The van der Waals surface area contributed by atoms with Crippen LogP contribution in [0.4, 0.5) is 5.69 Å². The van der Waals surface area contributed by atoms with Crippen LogP contribution in [0.5, 0.6) is 5.75 Å². The van der Waals surface area contributed by atoms with Crippen LogP contribution in [0.15, 0.2) is 30.3 Å². The van der Waals surface area contributed by atoms with Crippen molar-refractivity contribution in [2.24, 2.45) is 5.92 Å². The summed E-state index contributed by atoms with van der Waals surface area (Å²) in [7, 11) is 5.54. The van der Waals surface area contributed by atoms with E-state index >= 15 is 0 Å². The van der Waals surface area contributed by atoms with Crippen molar-refractivity contribution in [2.75, 3.05) is 39.6 Å². The molecule has 37 heavy (non-hydrogen) atoms. The fourth-order valence-electron chi connectivity index (χ4n) is 5.33. The van der Waals surface area contributed by atoms with Gasteiger partial charge < -0.3 is 25.2 Å². The van der Waals surface area contributed by atoms with Crippen LogP contribution >= 0.6 is 0 Å². The zero-order chi connectivity index (χ0) is 26.7. The number of ether oxygens (including phenoxy) is 1. The van der Waals surface area contributed by atoms with Crippen molar-refractivity contribution >= 4 is 23.4 Å². The van der Waals surface area contributed by atoms with Crippen LogP contribution in [0.1, 0.15) is 63.1 Å². The molecule has 2 N–H and O–H groups in total. The first kappa shape index (κ1) is 26.7. The van der Waals surface area contributed by atoms with Crippen molar-refractivity contribution in [3.05, 3.63) is 58.1 Å². The fourth-order valence-corrected chi connectivity index (χ4v) is 5.33. The molecule has 1 saturated carbocycles. The second-order valence-electron chi connectivity index (χ2n) is 10.5. The lowest BCUT2D eigenvalue weighted by Crippen LogP contribution is -2.40. The highest BCUT2D eigenvalue weighted by molar-refractivity contribution is 6.03. The molecule has 2 aliphatic rings. The van der Waals surface area contributed by atoms with Crippen molar-refractivity contribution in [3.8, 4) is 5.75 Å². The number of rotatable bonds is 8. The maximum atomic E-state index is 13.4. The first-order valence-corrected chi connectivity index (χ1v) is 13.0. The molecule has 0 radical (unpaired) electrons. The summed E-state index contributed by atoms with van der Waals surface area (Å²) in [6.07, 6.45) is 3.04. The number of fused-ring (bicyclic) bond motifs is 1. The highest BCUT2D eigenvalue weighted by atomic mass is 16.5. The van der Waals surface area contributed by atoms with Crippen molar-refractivity contribution in [1.82, 2.24) is 15.1 Å². The Kier molecular flexibility index (Phi) is 8.17. The molecule has 8 heteroatoms. The van der Waals surface area contributed by atoms with E-state index in [-0.39, 0.29) is 29.7 Å². The van der Waals surface area contributed by atoms with Gasteiger partial charge in [0.2, 0.25) is 5.91 Å². The van der Waals surface area contributed by atoms with E-state index in [0.717, 1.165) is 60.4 Å². The number of carbonyl (C=O) groups is 3. The summed E-state index contributed by atoms with van der Waals surface area (Å²) in [4.78, 5) is 42.9. The van der Waals surface area contributed by atoms with E-state index in [1.54, 1.807) is 13.2 Å². The second kappa shape index (κ2) is 11.3. The van der Waals surface area contributed by atoms with Crippen LogP contribution in [-0.2, 0) is 11.3 Å². The van der Waals surface area contributed by atoms with E-state index in [1.807, 2.05) is 62.0 Å². The molecule has 8 nitrogen and oxygen atoms in total. The van der Waals surface area contributed by atoms with Crippen molar-refractivity contribution in [3.63, 3.8) is 0 Å². The molecular weight excluding hydrogens is 468 g/mol. The number of hydrogen-bond donors (Lipinski definition) is 2. The van der Waals surface area contributed by atoms with Crippen molar-refractivity contribution in [1.29, 1.82) is 0 Å². The molecule has 1 aliphatic carbocycles. The molecule has 1 aliphatic heterocycles. The number of nitrogens with zero attached hydrogens (tertiary/aromatic N) is 2. The first-order valence-electron chi connectivity index (χ1n) is 13.0. The first-order chi connectivity index (χ1) is 17.7. The van der Waals surface area contributed by atoms with E-state index in [1.165, 1.54) is 0 Å². The van der Waals surface area contributed by atoms with Gasteiger partial charge in [-0.1, -0.05) is 6.07 Å². The fraction of sp³-hybridized carbons (Fsp3) is 0.483. The molecule has 1 fully saturated rings. The Morgan fingerprint density at radius 3 is 2.46 bits per heavy atom. The van der Waals surface area contributed by atoms with Gasteiger partial charge in [-0.05, 0) is 88.5 Å². The lowest BCUT2D eigenvalue weighted by molar-refractivity contribution is -0.121. The number of hydrogen-bond acceptors (Lipinski definition) is 5. The Hall–Kier alpha value is -3.39. The van der Waals surface area contributed by atoms with Gasteiger partial charge in [-0.25, -0.2) is 0 Å². The zero-order valence-corrected chi connectivity index (χ0v) is 22.5. The van der Waals surface area contributed by atoms with Gasteiger partial charge >= 0.3 is 0 Å². The van der Waals surface area contributed by atoms with Crippen LogP contribution < -0.4 is 15.4 Å². The maximum Gasteiger partial charge on any atom is 0.254 e. The van der Waals surface area contributed by atoms with Gasteiger partial charge in [-0.3, -0.25) is 14.4 Å². The Labute approximate surface area is 219 Å². The topological polar surface area (TPSA) is 91.0 Å². The highest BCUT2D eigenvalue weighted by Crippen LogP contribution is 2.35. The minimum absolute atomic E-state index is 0.0132. The number of benzene rings is 2. The lowest BCUT2D eigenvalue weighted by atomic mass is 9.84. The summed E-state index contributed by atoms with van der Waals surface area (Å²) in [6.45, 7) is 5.80. The third-order valence-electron chi connectivity index (χ3n) is 7.58. The lowest BCUT2D eigenvalue weighted by Gasteiger charge is -2.34. The molecule has 0 atom stereocenters. The number of carbonyl (C=O) groups excluding carboxylic acids is 3. The number of anilines is 1. The summed E-state index contributed by atoms with van der Waals surface area (Å²) in [5, 5.41) is 5.96. The van der Waals surface area contributed by atoms with Gasteiger partial charge in [0.1, 0.15) is 5.75 Å². The summed E-state index contributed by atoms with van der Waals surface area (Å²) in [5.74, 6) is 0.513. The quantitative estimate of drug-likeness (QED) is 0.569. The van der Waals surface area contributed by atoms with E-state index in [9.17, 15) is 14.4 Å². The summed E-state index contributed by atoms with van der Waals surface area (Å²) < 4.78 is 5.36. The zero-order valence-electron chi connectivity index (χ0n) is 22.5. The van der Waals surface area contributed by atoms with Crippen LogP contribution in [0.25, 0.3) is 0 Å². The van der Waals surface area contributed by atoms with Crippen molar-refractivity contribution < 1.29 is 19.1 Å². The summed E-state index contributed by atoms with van der Waals surface area (Å²) >= 11 is 0. The van der Waals surface area contributed by atoms with Gasteiger partial charge in [0, 0.05) is 54.5 Å². The van der Waals surface area contributed by atoms with Gasteiger partial charge in [0.05, 0.1) is 7.11 Å². The molecule has 0 aromatic heterocycles. The van der Waals surface area contributed by atoms with E-state index in [4.69, 9.17) is 4.74 Å². The predicted octanol–water partition coefficient (Wildman–Crippen LogP) is 3.76. The Bertz CT molecular complexity index is 1180. The SMILES string of the molecule is COc1cc(NC(=O)C2CCC(N3Cc4c(C)cc(C(=O)NCCN(C)C)cc4C3=O)CC2)ccc1C. The smallest absolute Gasteiger partial charge is 0.254 e. The molecule has 0 unspecified atom stereocenters. The van der Waals surface area contributed by atoms with Crippen LogP contribution in [0, 0.1) is 19.8 Å². The van der Waals surface area contributed by atoms with Gasteiger partial charge in [-0.15, -0.1) is 0 Å². The second-order valence-corrected chi connectivity index (χ2v) is 10.5. The standard InChI is InChI=1S/C29H38N4O4/c1-18-6-9-22(16-26(18)37-5)31-28(35)20-7-10-23(11-8-20)33-17-25-19(2)14-21(15-24(25)29(33)36)27(34)30-12-13-32(3)4/h6,9,14-16,20,23H,7-8,10-13,17H2,1-5H3,(H,30,34)(H,31,35). The largest absolute Gasteiger partial charge is 0.496 e. The van der Waals surface area contributed by atoms with Crippen LogP contribution in [-0.4, -0.2) is 67.9 Å². The molecule has 0 bridgehead atoms. The molecule has 4 rings (SSSR count). The van der Waals surface area contributed by atoms with Crippen LogP contribution in [0.3, 0.4) is 0 Å². The van der Waals surface area contributed by atoms with E-state index in [0.29, 0.717) is 24.2 Å². The Balaban J connectivity index is 1.35. The predicted molar refractivity (Wildman–Crippen MR) is 144 cm³/mol. The normalized spacial score (nSPS) is 19.1. The third kappa shape index (κ3) is 5.96. The minimum atomic E-state index is -0.156. The number of nitrogens with one attached hydrogen (secondary N) is 2. The minimum Gasteiger partial charge on any atom is -0.496 e. The highest BCUT2D eigenvalue weighted by Gasteiger charge is 2.37. The Morgan fingerprint density at radius 1 is 1.05 bits per heavy atom. The number of aryl methyl sites for hydroxylation is 2. The molecule has 0 spiro atoms. The van der Waals surface area contributed by atoms with E-state index in [2.05, 4.69) is 10.6 Å². The maximum absolute atomic E-state index is 13.4. The summed E-state index contributed by atoms with van der Waals surface area (Å²) in [5.41, 5.74) is 4.88. The van der Waals surface area contributed by atoms with Gasteiger partial charge in [0.15, 0.2) is 0 Å². The molecule has 0 saturated heterocycles. The monoisotopic (exact) mass is 506 g/mol. The third-order valence-corrected chi connectivity index (χ3v) is 7.58. The number of methoxy groups -OCH3 is 1. The Morgan fingerprint density at radius 2 is 1.78 bits per heavy atom. The molecular formula is C29H38N4O4. The van der Waals surface area contributed by atoms with Crippen molar-refractivity contribution in [2.45, 2.75) is 52.1 Å². The van der Waals surface area contributed by atoms with Gasteiger partial charge in [0.25, 0.3) is 11.8 Å². The molecule has 2 aromatic rings. The average molecular weight is 507 g/mol.